The molecule has 0 bridgehead atoms. The first-order chi connectivity index (χ1) is 11.5. The van der Waals surface area contributed by atoms with Crippen LogP contribution in [-0.4, -0.2) is 27.8 Å². The second-order valence-electron chi connectivity index (χ2n) is 5.42. The zero-order valence-electron chi connectivity index (χ0n) is 13.9. The highest BCUT2D eigenvalue weighted by molar-refractivity contribution is 5.94. The van der Waals surface area contributed by atoms with E-state index in [2.05, 4.69) is 0 Å². The number of aryl methyl sites for hydroxylation is 1. The fraction of sp³-hybridized carbons (Fsp3) is 0.278. The van der Waals surface area contributed by atoms with Crippen LogP contribution in [-0.2, 0) is 13.1 Å². The first-order valence-corrected chi connectivity index (χ1v) is 7.84. The second kappa shape index (κ2) is 7.59. The van der Waals surface area contributed by atoms with E-state index in [9.17, 15) is 14.4 Å². The first kappa shape index (κ1) is 17.5. The Bertz CT molecular complexity index is 811. The lowest BCUT2D eigenvalue weighted by Gasteiger charge is -2.21. The fourth-order valence-corrected chi connectivity index (χ4v) is 2.46. The van der Waals surface area contributed by atoms with Gasteiger partial charge in [0.15, 0.2) is 0 Å². The average molecular weight is 327 g/mol. The van der Waals surface area contributed by atoms with Gasteiger partial charge < -0.3 is 15.2 Å². The minimum atomic E-state index is -0.505. The summed E-state index contributed by atoms with van der Waals surface area (Å²) in [4.78, 5) is 37.4. The van der Waals surface area contributed by atoms with Crippen LogP contribution < -0.4 is 11.3 Å². The summed E-state index contributed by atoms with van der Waals surface area (Å²) in [5.41, 5.74) is 6.66. The molecule has 0 aliphatic carbocycles. The molecule has 0 radical (unpaired) electrons. The Morgan fingerprint density at radius 2 is 1.88 bits per heavy atom. The number of aromatic nitrogens is 1. The minimum absolute atomic E-state index is 0.199. The molecule has 2 N–H and O–H groups in total. The number of pyridine rings is 1. The number of nitrogens with two attached hydrogens (primary N) is 1. The third-order valence-corrected chi connectivity index (χ3v) is 3.84. The van der Waals surface area contributed by atoms with E-state index in [4.69, 9.17) is 5.73 Å². The third kappa shape index (κ3) is 3.90. The second-order valence-corrected chi connectivity index (χ2v) is 5.42. The van der Waals surface area contributed by atoms with Gasteiger partial charge in [-0.15, -0.1) is 0 Å². The molecule has 2 amide bonds. The number of hydrogen-bond acceptors (Lipinski definition) is 3. The summed E-state index contributed by atoms with van der Waals surface area (Å²) >= 11 is 0. The van der Waals surface area contributed by atoms with Gasteiger partial charge in [0.1, 0.15) is 0 Å². The van der Waals surface area contributed by atoms with Gasteiger partial charge in [-0.3, -0.25) is 14.4 Å². The predicted molar refractivity (Wildman–Crippen MR) is 91.8 cm³/mol. The van der Waals surface area contributed by atoms with Crippen LogP contribution in [0.4, 0.5) is 0 Å². The number of benzene rings is 1. The molecule has 0 atom stereocenters. The monoisotopic (exact) mass is 327 g/mol. The van der Waals surface area contributed by atoms with Crippen molar-refractivity contribution in [3.8, 4) is 0 Å². The molecule has 0 spiro atoms. The number of primary amides is 1. The lowest BCUT2D eigenvalue weighted by atomic mass is 10.1. The number of nitrogens with zero attached hydrogens (tertiary/aromatic N) is 2. The highest BCUT2D eigenvalue weighted by atomic mass is 16.2. The predicted octanol–water partition coefficient (Wildman–Crippen LogP) is 1.63. The molecule has 0 aliphatic rings. The van der Waals surface area contributed by atoms with Crippen LogP contribution in [0.3, 0.4) is 0 Å². The molecule has 1 heterocycles. The average Bonchev–Trinajstić information content (AvgIpc) is 2.59. The smallest absolute Gasteiger partial charge is 0.254 e. The van der Waals surface area contributed by atoms with Gasteiger partial charge in [0, 0.05) is 43.0 Å². The van der Waals surface area contributed by atoms with Crippen molar-refractivity contribution in [2.75, 3.05) is 6.54 Å². The van der Waals surface area contributed by atoms with Crippen molar-refractivity contribution in [3.05, 3.63) is 69.6 Å². The van der Waals surface area contributed by atoms with Crippen LogP contribution in [0.2, 0.25) is 0 Å². The van der Waals surface area contributed by atoms with Gasteiger partial charge in [-0.05, 0) is 37.6 Å². The zero-order chi connectivity index (χ0) is 17.7. The fourth-order valence-electron chi connectivity index (χ4n) is 2.46. The van der Waals surface area contributed by atoms with E-state index in [-0.39, 0.29) is 11.5 Å². The molecule has 2 aromatic rings. The Kier molecular flexibility index (Phi) is 5.52. The van der Waals surface area contributed by atoms with E-state index < -0.39 is 5.91 Å². The summed E-state index contributed by atoms with van der Waals surface area (Å²) in [6, 6.07) is 9.87. The van der Waals surface area contributed by atoms with Crippen molar-refractivity contribution in [1.29, 1.82) is 0 Å². The van der Waals surface area contributed by atoms with E-state index in [1.807, 2.05) is 19.9 Å². The maximum absolute atomic E-state index is 12.6. The van der Waals surface area contributed by atoms with E-state index >= 15 is 0 Å². The molecule has 0 saturated heterocycles. The maximum atomic E-state index is 12.6. The lowest BCUT2D eigenvalue weighted by Crippen LogP contribution is -2.32. The Morgan fingerprint density at radius 3 is 2.46 bits per heavy atom. The van der Waals surface area contributed by atoms with Gasteiger partial charge in [0.2, 0.25) is 5.91 Å². The molecule has 1 aromatic heterocycles. The summed E-state index contributed by atoms with van der Waals surface area (Å²) in [7, 11) is 0. The number of rotatable bonds is 6. The highest BCUT2D eigenvalue weighted by Gasteiger charge is 2.16. The van der Waals surface area contributed by atoms with E-state index in [0.717, 1.165) is 5.56 Å². The number of hydrogen-bond donors (Lipinski definition) is 1. The minimum Gasteiger partial charge on any atom is -0.366 e. The van der Waals surface area contributed by atoms with Gasteiger partial charge in [0.25, 0.3) is 11.5 Å². The largest absolute Gasteiger partial charge is 0.366 e. The Hall–Kier alpha value is -2.89. The highest BCUT2D eigenvalue weighted by Crippen LogP contribution is 2.11. The number of amides is 2. The Morgan fingerprint density at radius 1 is 1.12 bits per heavy atom. The number of carbonyl (C=O) groups excluding carboxylic acids is 2. The molecule has 6 nitrogen and oxygen atoms in total. The molecule has 0 aliphatic heterocycles. The van der Waals surface area contributed by atoms with Crippen LogP contribution in [0.5, 0.6) is 0 Å². The van der Waals surface area contributed by atoms with E-state index in [0.29, 0.717) is 30.8 Å². The normalized spacial score (nSPS) is 10.4. The van der Waals surface area contributed by atoms with Crippen LogP contribution in [0.25, 0.3) is 0 Å². The molecule has 6 heteroatoms. The van der Waals surface area contributed by atoms with Crippen molar-refractivity contribution < 1.29 is 9.59 Å². The van der Waals surface area contributed by atoms with Gasteiger partial charge in [-0.25, -0.2) is 0 Å². The van der Waals surface area contributed by atoms with Crippen LogP contribution in [0.15, 0.2) is 47.4 Å². The lowest BCUT2D eigenvalue weighted by molar-refractivity contribution is 0.0752. The van der Waals surface area contributed by atoms with Crippen molar-refractivity contribution in [1.82, 2.24) is 9.47 Å². The maximum Gasteiger partial charge on any atom is 0.254 e. The molecule has 24 heavy (non-hydrogen) atoms. The summed E-state index contributed by atoms with van der Waals surface area (Å²) < 4.78 is 1.53. The standard InChI is InChI=1S/C18H21N3O3/c1-3-20-9-8-15(11-16(20)22)18(24)21(4-2)12-13-6-5-7-14(10-13)17(19)23/h5-11H,3-4,12H2,1-2H3,(H2,19,23). The molecule has 0 saturated carbocycles. The van der Waals surface area contributed by atoms with E-state index in [1.165, 1.54) is 10.6 Å². The van der Waals surface area contributed by atoms with Gasteiger partial charge >= 0.3 is 0 Å². The first-order valence-electron chi connectivity index (χ1n) is 7.84. The molecule has 0 unspecified atom stereocenters. The molecular formula is C18H21N3O3. The van der Waals surface area contributed by atoms with Crippen LogP contribution in [0, 0.1) is 0 Å². The Balaban J connectivity index is 2.23. The van der Waals surface area contributed by atoms with Crippen molar-refractivity contribution >= 4 is 11.8 Å². The van der Waals surface area contributed by atoms with Crippen molar-refractivity contribution in [2.24, 2.45) is 5.73 Å². The molecular weight excluding hydrogens is 306 g/mol. The molecule has 126 valence electrons. The summed E-state index contributed by atoms with van der Waals surface area (Å²) in [6.07, 6.45) is 1.62. The molecule has 1 aromatic carbocycles. The van der Waals surface area contributed by atoms with Gasteiger partial charge in [0.05, 0.1) is 0 Å². The third-order valence-electron chi connectivity index (χ3n) is 3.84. The van der Waals surface area contributed by atoms with Gasteiger partial charge in [-0.2, -0.15) is 0 Å². The Labute approximate surface area is 140 Å². The summed E-state index contributed by atoms with van der Waals surface area (Å²) in [6.45, 7) is 5.12. The van der Waals surface area contributed by atoms with E-state index in [1.54, 1.807) is 35.4 Å². The SMILES string of the molecule is CCN(Cc1cccc(C(N)=O)c1)C(=O)c1ccn(CC)c(=O)c1. The molecule has 2 rings (SSSR count). The topological polar surface area (TPSA) is 85.4 Å². The molecule has 0 fully saturated rings. The van der Waals surface area contributed by atoms with Crippen LogP contribution in [0.1, 0.15) is 40.1 Å². The van der Waals surface area contributed by atoms with Crippen LogP contribution >= 0.6 is 0 Å². The van der Waals surface area contributed by atoms with Crippen molar-refractivity contribution in [2.45, 2.75) is 26.9 Å². The zero-order valence-corrected chi connectivity index (χ0v) is 13.9. The van der Waals surface area contributed by atoms with Gasteiger partial charge in [-0.1, -0.05) is 12.1 Å². The summed E-state index contributed by atoms with van der Waals surface area (Å²) in [5.74, 6) is -0.725. The summed E-state index contributed by atoms with van der Waals surface area (Å²) in [5, 5.41) is 0. The van der Waals surface area contributed by atoms with Crippen molar-refractivity contribution in [3.63, 3.8) is 0 Å². The quantitative estimate of drug-likeness (QED) is 0.875. The number of carbonyl (C=O) groups is 2.